The Labute approximate surface area is 135 Å². The topological polar surface area (TPSA) is 72.3 Å². The number of hydrogen-bond acceptors (Lipinski definition) is 4. The van der Waals surface area contributed by atoms with E-state index in [4.69, 9.17) is 4.74 Å². The minimum Gasteiger partial charge on any atom is -0.377 e. The molecule has 1 N–H and O–H groups in total. The highest BCUT2D eigenvalue weighted by Crippen LogP contribution is 2.11. The first-order chi connectivity index (χ1) is 11.2. The molecule has 7 heteroatoms. The summed E-state index contributed by atoms with van der Waals surface area (Å²) < 4.78 is 7.13. The first kappa shape index (κ1) is 15.5. The Morgan fingerprint density at radius 2 is 2.22 bits per heavy atom. The van der Waals surface area contributed by atoms with Gasteiger partial charge in [-0.05, 0) is 18.1 Å². The van der Waals surface area contributed by atoms with Crippen molar-refractivity contribution >= 4 is 6.03 Å². The maximum atomic E-state index is 12.3. The quantitative estimate of drug-likeness (QED) is 0.922. The number of nitrogens with one attached hydrogen (secondary N) is 1. The Bertz CT molecular complexity index is 644. The number of hydrogen-bond donors (Lipinski definition) is 1. The van der Waals surface area contributed by atoms with Gasteiger partial charge in [0.25, 0.3) is 0 Å². The van der Waals surface area contributed by atoms with Gasteiger partial charge in [-0.25, -0.2) is 14.5 Å². The fourth-order valence-corrected chi connectivity index (χ4v) is 2.67. The predicted octanol–water partition coefficient (Wildman–Crippen LogP) is 1.26. The lowest BCUT2D eigenvalue weighted by Gasteiger charge is -2.33. The summed E-state index contributed by atoms with van der Waals surface area (Å²) in [6.45, 7) is 4.95. The number of carbonyl (C=O) groups excluding carboxylic acids is 1. The van der Waals surface area contributed by atoms with Crippen LogP contribution in [0.25, 0.3) is 0 Å². The molecular formula is C16H21N5O2. The molecule has 7 nitrogen and oxygen atoms in total. The molecule has 3 rings (SSSR count). The average molecular weight is 315 g/mol. The molecule has 2 heterocycles. The zero-order valence-electron chi connectivity index (χ0n) is 13.2. The highest BCUT2D eigenvalue weighted by atomic mass is 16.5. The summed E-state index contributed by atoms with van der Waals surface area (Å²) in [5.41, 5.74) is 2.20. The molecule has 0 radical (unpaired) electrons. The molecule has 0 bridgehead atoms. The van der Waals surface area contributed by atoms with Gasteiger partial charge in [-0.2, -0.15) is 5.10 Å². The van der Waals surface area contributed by atoms with Crippen molar-refractivity contribution < 1.29 is 9.53 Å². The van der Waals surface area contributed by atoms with Gasteiger partial charge in [-0.3, -0.25) is 0 Å². The molecular weight excluding hydrogens is 294 g/mol. The van der Waals surface area contributed by atoms with Crippen LogP contribution >= 0.6 is 0 Å². The predicted molar refractivity (Wildman–Crippen MR) is 84.8 cm³/mol. The zero-order chi connectivity index (χ0) is 16.1. The molecule has 23 heavy (non-hydrogen) atoms. The van der Waals surface area contributed by atoms with E-state index < -0.39 is 0 Å². The molecule has 1 aromatic carbocycles. The first-order valence-corrected chi connectivity index (χ1v) is 7.75. The number of aromatic nitrogens is 3. The molecule has 1 aliphatic rings. The van der Waals surface area contributed by atoms with Gasteiger partial charge >= 0.3 is 6.03 Å². The Kier molecular flexibility index (Phi) is 4.87. The third-order valence-corrected chi connectivity index (χ3v) is 3.98. The van der Waals surface area contributed by atoms with Gasteiger partial charge in [0.15, 0.2) is 0 Å². The second-order valence-corrected chi connectivity index (χ2v) is 5.64. The van der Waals surface area contributed by atoms with Crippen LogP contribution in [0.5, 0.6) is 0 Å². The van der Waals surface area contributed by atoms with E-state index in [-0.39, 0.29) is 12.1 Å². The van der Waals surface area contributed by atoms with Crippen LogP contribution in [-0.4, -0.2) is 51.5 Å². The summed E-state index contributed by atoms with van der Waals surface area (Å²) in [5.74, 6) is 0. The van der Waals surface area contributed by atoms with Gasteiger partial charge < -0.3 is 15.0 Å². The second-order valence-electron chi connectivity index (χ2n) is 5.64. The largest absolute Gasteiger partial charge is 0.377 e. The first-order valence-electron chi connectivity index (χ1n) is 7.75. The van der Waals surface area contributed by atoms with Crippen molar-refractivity contribution in [1.82, 2.24) is 25.0 Å². The summed E-state index contributed by atoms with van der Waals surface area (Å²) in [7, 11) is 0. The fourth-order valence-electron chi connectivity index (χ4n) is 2.67. The highest BCUT2D eigenvalue weighted by Gasteiger charge is 2.23. The van der Waals surface area contributed by atoms with Crippen molar-refractivity contribution in [3.05, 3.63) is 48.0 Å². The van der Waals surface area contributed by atoms with Crippen molar-refractivity contribution in [3.63, 3.8) is 0 Å². The minimum atomic E-state index is -0.0450. The lowest BCUT2D eigenvalue weighted by molar-refractivity contribution is 0.0189. The van der Waals surface area contributed by atoms with Crippen molar-refractivity contribution in [2.24, 2.45) is 0 Å². The van der Waals surface area contributed by atoms with Crippen LogP contribution in [-0.2, 0) is 17.8 Å². The van der Waals surface area contributed by atoms with Crippen molar-refractivity contribution in [2.75, 3.05) is 19.8 Å². The van der Waals surface area contributed by atoms with Crippen molar-refractivity contribution in [2.45, 2.75) is 26.1 Å². The number of morpholine rings is 1. The summed E-state index contributed by atoms with van der Waals surface area (Å²) in [6, 6.07) is 8.09. The van der Waals surface area contributed by atoms with Crippen LogP contribution < -0.4 is 5.32 Å². The lowest BCUT2D eigenvalue weighted by Crippen LogP contribution is -2.51. The second kappa shape index (κ2) is 7.23. The van der Waals surface area contributed by atoms with E-state index in [9.17, 15) is 4.79 Å². The van der Waals surface area contributed by atoms with Crippen LogP contribution in [0.4, 0.5) is 4.79 Å². The van der Waals surface area contributed by atoms with Crippen molar-refractivity contribution in [3.8, 4) is 0 Å². The maximum Gasteiger partial charge on any atom is 0.318 e. The van der Waals surface area contributed by atoms with Gasteiger partial charge in [-0.1, -0.05) is 24.3 Å². The zero-order valence-corrected chi connectivity index (χ0v) is 13.2. The van der Waals surface area contributed by atoms with Gasteiger partial charge in [0.2, 0.25) is 0 Å². The number of carbonyl (C=O) groups is 1. The highest BCUT2D eigenvalue weighted by molar-refractivity contribution is 5.74. The monoisotopic (exact) mass is 315 g/mol. The Morgan fingerprint density at radius 3 is 2.96 bits per heavy atom. The van der Waals surface area contributed by atoms with E-state index in [0.717, 1.165) is 11.1 Å². The summed E-state index contributed by atoms with van der Waals surface area (Å²) in [4.78, 5) is 18.1. The van der Waals surface area contributed by atoms with E-state index in [2.05, 4.69) is 15.4 Å². The van der Waals surface area contributed by atoms with Crippen LogP contribution in [0.3, 0.4) is 0 Å². The number of amides is 2. The van der Waals surface area contributed by atoms with Gasteiger partial charge in [-0.15, -0.1) is 0 Å². The number of rotatable bonds is 4. The van der Waals surface area contributed by atoms with E-state index >= 15 is 0 Å². The molecule has 1 aromatic heterocycles. The maximum absolute atomic E-state index is 12.3. The van der Waals surface area contributed by atoms with Crippen LogP contribution in [0.2, 0.25) is 0 Å². The molecule has 0 saturated carbocycles. The number of benzene rings is 1. The Hall–Kier alpha value is -2.41. The average Bonchev–Trinajstić information content (AvgIpc) is 3.07. The van der Waals surface area contributed by atoms with Crippen LogP contribution in [0, 0.1) is 0 Å². The Morgan fingerprint density at radius 1 is 1.39 bits per heavy atom. The summed E-state index contributed by atoms with van der Waals surface area (Å²) >= 11 is 0. The molecule has 1 unspecified atom stereocenters. The van der Waals surface area contributed by atoms with Crippen LogP contribution in [0.15, 0.2) is 36.9 Å². The molecule has 1 aliphatic heterocycles. The molecule has 2 amide bonds. The number of ether oxygens (including phenoxy) is 1. The SMILES string of the molecule is CC1COCCN1C(=O)NCc1ccccc1Cn1cncn1. The summed E-state index contributed by atoms with van der Waals surface area (Å²) in [6.07, 6.45) is 3.20. The standard InChI is InChI=1S/C16H21N5O2/c1-13-10-23-7-6-21(13)16(22)18-8-14-4-2-3-5-15(14)9-20-12-17-11-19-20/h2-5,11-13H,6-10H2,1H3,(H,18,22). The fraction of sp³-hybridized carbons (Fsp3) is 0.438. The minimum absolute atomic E-state index is 0.0450. The van der Waals surface area contributed by atoms with E-state index in [1.54, 1.807) is 11.0 Å². The van der Waals surface area contributed by atoms with Crippen LogP contribution in [0.1, 0.15) is 18.1 Å². The molecule has 1 saturated heterocycles. The lowest BCUT2D eigenvalue weighted by atomic mass is 10.1. The number of nitrogens with zero attached hydrogens (tertiary/aromatic N) is 4. The smallest absolute Gasteiger partial charge is 0.318 e. The molecule has 1 atom stereocenters. The molecule has 0 spiro atoms. The summed E-state index contributed by atoms with van der Waals surface area (Å²) in [5, 5.41) is 7.13. The molecule has 122 valence electrons. The van der Waals surface area contributed by atoms with E-state index in [1.807, 2.05) is 36.1 Å². The van der Waals surface area contributed by atoms with Gasteiger partial charge in [0.1, 0.15) is 12.7 Å². The normalized spacial score (nSPS) is 18.0. The number of urea groups is 1. The third kappa shape index (κ3) is 3.87. The molecule has 1 fully saturated rings. The van der Waals surface area contributed by atoms with Crippen molar-refractivity contribution in [1.29, 1.82) is 0 Å². The van der Waals surface area contributed by atoms with Gasteiger partial charge in [0.05, 0.1) is 25.8 Å². The Balaban J connectivity index is 1.62. The molecule has 0 aliphatic carbocycles. The van der Waals surface area contributed by atoms with Gasteiger partial charge in [0, 0.05) is 13.1 Å². The van der Waals surface area contributed by atoms with E-state index in [1.165, 1.54) is 6.33 Å². The van der Waals surface area contributed by atoms with E-state index in [0.29, 0.717) is 32.8 Å². The molecule has 2 aromatic rings. The third-order valence-electron chi connectivity index (χ3n) is 3.98.